The average Bonchev–Trinajstić information content (AvgIpc) is 3.04. The van der Waals surface area contributed by atoms with Gasteiger partial charge in [-0.05, 0) is 56.9 Å². The predicted molar refractivity (Wildman–Crippen MR) is 81.9 cm³/mol. The quantitative estimate of drug-likeness (QED) is 0.867. The fourth-order valence-electron chi connectivity index (χ4n) is 4.35. The molecular weight excluding hydrogens is 286 g/mol. The number of nitrogens with zero attached hydrogens (tertiary/aromatic N) is 1. The lowest BCUT2D eigenvalue weighted by atomic mass is 9.84. The van der Waals surface area contributed by atoms with E-state index in [-0.39, 0.29) is 24.7 Å². The van der Waals surface area contributed by atoms with Crippen LogP contribution in [0.3, 0.4) is 0 Å². The van der Waals surface area contributed by atoms with Gasteiger partial charge in [-0.3, -0.25) is 4.79 Å². The summed E-state index contributed by atoms with van der Waals surface area (Å²) in [7, 11) is 0. The van der Waals surface area contributed by atoms with Gasteiger partial charge in [0.25, 0.3) is 0 Å². The first-order valence-electron chi connectivity index (χ1n) is 8.92. The fourth-order valence-corrected chi connectivity index (χ4v) is 4.35. The highest BCUT2D eigenvalue weighted by atomic mass is 19.3. The second kappa shape index (κ2) is 6.81. The Kier molecular flexibility index (Phi) is 5.00. The van der Waals surface area contributed by atoms with Crippen molar-refractivity contribution in [3.05, 3.63) is 0 Å². The van der Waals surface area contributed by atoms with Crippen LogP contribution in [0.25, 0.3) is 0 Å². The van der Waals surface area contributed by atoms with Crippen LogP contribution in [-0.4, -0.2) is 42.4 Å². The Bertz CT molecular complexity index is 378. The molecule has 2 saturated heterocycles. The van der Waals surface area contributed by atoms with Crippen LogP contribution >= 0.6 is 0 Å². The summed E-state index contributed by atoms with van der Waals surface area (Å²) >= 11 is 0. The number of rotatable bonds is 3. The molecule has 1 aliphatic carbocycles. The van der Waals surface area contributed by atoms with E-state index in [0.717, 1.165) is 32.5 Å². The van der Waals surface area contributed by atoms with E-state index in [4.69, 9.17) is 0 Å². The van der Waals surface area contributed by atoms with Crippen molar-refractivity contribution in [1.29, 1.82) is 0 Å². The first-order valence-corrected chi connectivity index (χ1v) is 8.92. The number of nitrogens with one attached hydrogen (secondary N) is 1. The summed E-state index contributed by atoms with van der Waals surface area (Å²) in [5.74, 6) is -1.43. The van der Waals surface area contributed by atoms with Gasteiger partial charge in [-0.2, -0.15) is 0 Å². The van der Waals surface area contributed by atoms with E-state index < -0.39 is 5.92 Å². The molecule has 3 nitrogen and oxygen atoms in total. The van der Waals surface area contributed by atoms with Gasteiger partial charge in [-0.15, -0.1) is 0 Å². The topological polar surface area (TPSA) is 32.3 Å². The molecule has 0 aromatic heterocycles. The van der Waals surface area contributed by atoms with Gasteiger partial charge in [0.15, 0.2) is 0 Å². The Morgan fingerprint density at radius 2 is 1.77 bits per heavy atom. The van der Waals surface area contributed by atoms with Gasteiger partial charge < -0.3 is 10.2 Å². The lowest BCUT2D eigenvalue weighted by Gasteiger charge is -2.36. The van der Waals surface area contributed by atoms with Crippen molar-refractivity contribution >= 4 is 5.91 Å². The molecule has 126 valence electrons. The first kappa shape index (κ1) is 16.2. The molecule has 0 aromatic rings. The van der Waals surface area contributed by atoms with Crippen LogP contribution < -0.4 is 5.32 Å². The molecule has 2 heterocycles. The monoisotopic (exact) mass is 314 g/mol. The zero-order valence-electron chi connectivity index (χ0n) is 13.3. The standard InChI is InChI=1S/C17H28F2N2O/c18-17(19)7-3-13(4-8-17)12-16(22)21-10-5-14(6-11-21)15-2-1-9-20-15/h13-15,20H,1-12H2. The summed E-state index contributed by atoms with van der Waals surface area (Å²) in [5, 5.41) is 3.57. The summed E-state index contributed by atoms with van der Waals surface area (Å²) in [6.07, 6.45) is 6.12. The van der Waals surface area contributed by atoms with Gasteiger partial charge in [-0.1, -0.05) is 0 Å². The van der Waals surface area contributed by atoms with E-state index in [1.165, 1.54) is 12.8 Å². The minimum Gasteiger partial charge on any atom is -0.343 e. The Morgan fingerprint density at radius 3 is 2.36 bits per heavy atom. The number of piperidine rings is 1. The van der Waals surface area contributed by atoms with Crippen molar-refractivity contribution in [3.8, 4) is 0 Å². The number of hydrogen-bond acceptors (Lipinski definition) is 2. The Labute approximate surface area is 131 Å². The highest BCUT2D eigenvalue weighted by Crippen LogP contribution is 2.37. The van der Waals surface area contributed by atoms with E-state index in [0.29, 0.717) is 31.2 Å². The van der Waals surface area contributed by atoms with Crippen molar-refractivity contribution in [1.82, 2.24) is 10.2 Å². The fraction of sp³-hybridized carbons (Fsp3) is 0.941. The number of amides is 1. The van der Waals surface area contributed by atoms with Gasteiger partial charge in [0, 0.05) is 38.4 Å². The van der Waals surface area contributed by atoms with Gasteiger partial charge in [-0.25, -0.2) is 8.78 Å². The van der Waals surface area contributed by atoms with Crippen molar-refractivity contribution in [2.45, 2.75) is 69.8 Å². The third-order valence-corrected chi connectivity index (χ3v) is 5.86. The molecule has 0 aromatic carbocycles. The van der Waals surface area contributed by atoms with Crippen LogP contribution in [0.5, 0.6) is 0 Å². The van der Waals surface area contributed by atoms with E-state index in [1.807, 2.05) is 4.90 Å². The zero-order valence-corrected chi connectivity index (χ0v) is 13.3. The molecule has 0 radical (unpaired) electrons. The van der Waals surface area contributed by atoms with Crippen LogP contribution in [-0.2, 0) is 4.79 Å². The maximum atomic E-state index is 13.2. The van der Waals surface area contributed by atoms with Crippen molar-refractivity contribution in [3.63, 3.8) is 0 Å². The first-order chi connectivity index (χ1) is 10.5. The summed E-state index contributed by atoms with van der Waals surface area (Å²) in [4.78, 5) is 14.3. The number of carbonyl (C=O) groups is 1. The number of hydrogen-bond donors (Lipinski definition) is 1. The van der Waals surface area contributed by atoms with E-state index in [9.17, 15) is 13.6 Å². The third kappa shape index (κ3) is 3.98. The predicted octanol–water partition coefficient (Wildman–Crippen LogP) is 3.19. The number of alkyl halides is 2. The summed E-state index contributed by atoms with van der Waals surface area (Å²) < 4.78 is 26.3. The molecule has 5 heteroatoms. The smallest absolute Gasteiger partial charge is 0.248 e. The van der Waals surface area contributed by atoms with E-state index in [1.54, 1.807) is 0 Å². The van der Waals surface area contributed by atoms with Crippen LogP contribution in [0.15, 0.2) is 0 Å². The van der Waals surface area contributed by atoms with Crippen LogP contribution in [0.1, 0.15) is 57.8 Å². The SMILES string of the molecule is O=C(CC1CCC(F)(F)CC1)N1CCC(C2CCCN2)CC1. The normalized spacial score (nSPS) is 30.6. The molecule has 2 aliphatic heterocycles. The Hall–Kier alpha value is -0.710. The van der Waals surface area contributed by atoms with Gasteiger partial charge in [0.05, 0.1) is 0 Å². The molecule has 0 bridgehead atoms. The molecule has 1 saturated carbocycles. The Balaban J connectivity index is 1.40. The minimum atomic E-state index is -2.49. The maximum Gasteiger partial charge on any atom is 0.248 e. The minimum absolute atomic E-state index is 0.0413. The summed E-state index contributed by atoms with van der Waals surface area (Å²) in [6, 6.07) is 0.651. The second-order valence-corrected chi connectivity index (χ2v) is 7.42. The maximum absolute atomic E-state index is 13.2. The molecule has 1 N–H and O–H groups in total. The van der Waals surface area contributed by atoms with Gasteiger partial charge >= 0.3 is 0 Å². The number of likely N-dealkylation sites (tertiary alicyclic amines) is 1. The number of carbonyl (C=O) groups excluding carboxylic acids is 1. The summed E-state index contributed by atoms with van der Waals surface area (Å²) in [6.45, 7) is 2.84. The molecular formula is C17H28F2N2O. The number of halogens is 2. The van der Waals surface area contributed by atoms with E-state index >= 15 is 0 Å². The molecule has 1 unspecified atom stereocenters. The summed E-state index contributed by atoms with van der Waals surface area (Å²) in [5.41, 5.74) is 0. The van der Waals surface area contributed by atoms with Gasteiger partial charge in [0.2, 0.25) is 11.8 Å². The highest BCUT2D eigenvalue weighted by Gasteiger charge is 2.36. The average molecular weight is 314 g/mol. The molecule has 1 atom stereocenters. The van der Waals surface area contributed by atoms with Crippen LogP contribution in [0.4, 0.5) is 8.78 Å². The molecule has 3 fully saturated rings. The van der Waals surface area contributed by atoms with Gasteiger partial charge in [0.1, 0.15) is 0 Å². The van der Waals surface area contributed by atoms with Crippen molar-refractivity contribution < 1.29 is 13.6 Å². The molecule has 22 heavy (non-hydrogen) atoms. The van der Waals surface area contributed by atoms with Crippen LogP contribution in [0, 0.1) is 11.8 Å². The van der Waals surface area contributed by atoms with Crippen molar-refractivity contribution in [2.24, 2.45) is 11.8 Å². The Morgan fingerprint density at radius 1 is 1.09 bits per heavy atom. The highest BCUT2D eigenvalue weighted by molar-refractivity contribution is 5.76. The van der Waals surface area contributed by atoms with Crippen LogP contribution in [0.2, 0.25) is 0 Å². The molecule has 1 amide bonds. The molecule has 0 spiro atoms. The van der Waals surface area contributed by atoms with Crippen molar-refractivity contribution in [2.75, 3.05) is 19.6 Å². The second-order valence-electron chi connectivity index (χ2n) is 7.42. The van der Waals surface area contributed by atoms with E-state index in [2.05, 4.69) is 5.32 Å². The zero-order chi connectivity index (χ0) is 15.6. The largest absolute Gasteiger partial charge is 0.343 e. The molecule has 3 rings (SSSR count). The third-order valence-electron chi connectivity index (χ3n) is 5.86. The molecule has 3 aliphatic rings. The lowest BCUT2D eigenvalue weighted by molar-refractivity contribution is -0.135. The lowest BCUT2D eigenvalue weighted by Crippen LogP contribution is -2.44.